The van der Waals surface area contributed by atoms with Gasteiger partial charge in [0.15, 0.2) is 29.6 Å². The number of esters is 1. The Morgan fingerprint density at radius 2 is 1.39 bits per heavy atom. The maximum atomic E-state index is 12.4. The summed E-state index contributed by atoms with van der Waals surface area (Å²) in [5.74, 6) is -0.454. The van der Waals surface area contributed by atoms with Crippen molar-refractivity contribution < 1.29 is 42.4 Å². The number of phenols is 2. The predicted molar refractivity (Wildman–Crippen MR) is 147 cm³/mol. The first-order valence-electron chi connectivity index (χ1n) is 12.1. The van der Waals surface area contributed by atoms with Crippen molar-refractivity contribution in [3.63, 3.8) is 0 Å². The first-order valence-corrected chi connectivity index (χ1v) is 12.1. The number of aromatic hydroxyl groups is 2. The molecule has 2 N–H and O–H groups in total. The molecule has 8 nitrogen and oxygen atoms in total. The van der Waals surface area contributed by atoms with E-state index in [0.717, 1.165) is 11.1 Å². The first kappa shape index (κ1) is 28.8. The van der Waals surface area contributed by atoms with E-state index in [2.05, 4.69) is 9.84 Å². The molecule has 0 fully saturated rings. The Morgan fingerprint density at radius 1 is 0.829 bits per heavy atom. The summed E-state index contributed by atoms with van der Waals surface area (Å²) >= 11 is 0. The topological polar surface area (TPSA) is 103 Å². The molecule has 0 aliphatic rings. The number of benzene rings is 3. The molecular weight excluding hydrogens is 541 g/mol. The summed E-state index contributed by atoms with van der Waals surface area (Å²) in [6, 6.07) is 17.3. The molecule has 1 aromatic heterocycles. The van der Waals surface area contributed by atoms with Crippen molar-refractivity contribution in [1.82, 2.24) is 9.78 Å². The van der Waals surface area contributed by atoms with Gasteiger partial charge in [0, 0.05) is 0 Å². The molecule has 0 aliphatic carbocycles. The zero-order valence-corrected chi connectivity index (χ0v) is 21.9. The summed E-state index contributed by atoms with van der Waals surface area (Å²) in [7, 11) is 2.90. The van der Waals surface area contributed by atoms with Crippen LogP contribution in [0, 0.1) is 0 Å². The van der Waals surface area contributed by atoms with Crippen molar-refractivity contribution in [3.05, 3.63) is 94.8 Å². The van der Waals surface area contributed by atoms with E-state index in [0.29, 0.717) is 28.6 Å². The lowest BCUT2D eigenvalue weighted by molar-refractivity contribution is -0.161. The number of carbonyl (C=O) groups excluding carboxylic acids is 1. The third-order valence-corrected chi connectivity index (χ3v) is 5.77. The fraction of sp³-hybridized carbons (Fsp3) is 0.133. The van der Waals surface area contributed by atoms with Crippen LogP contribution in [-0.4, -0.2) is 53.0 Å². The van der Waals surface area contributed by atoms with E-state index in [1.807, 2.05) is 0 Å². The van der Waals surface area contributed by atoms with Crippen molar-refractivity contribution in [1.29, 1.82) is 0 Å². The number of phenolic OH excluding ortho intramolecular Hbond substituents is 2. The Kier molecular flexibility index (Phi) is 8.66. The smallest absolute Gasteiger partial charge is 0.422 e. The number of aromatic nitrogens is 2. The third kappa shape index (κ3) is 7.47. The van der Waals surface area contributed by atoms with Crippen molar-refractivity contribution >= 4 is 30.3 Å². The minimum absolute atomic E-state index is 0.00169. The molecule has 0 bridgehead atoms. The monoisotopic (exact) mass is 566 g/mol. The molecule has 0 amide bonds. The molecule has 0 saturated carbocycles. The standard InChI is InChI=1S/C30H25F3N2O6/c1-39-27-15-19(5-13-25(27)36)3-9-22-17-24(10-4-20-6-14-26(37)28(16-20)40-2)35(34-22)23-11-7-21(8-12-23)29(38)41-18-30(31,32)33/h3-17,36-37H,18H2,1-2H3/b9-3+,10-4+. The fourth-order valence-electron chi connectivity index (χ4n) is 3.75. The summed E-state index contributed by atoms with van der Waals surface area (Å²) in [4.78, 5) is 12.0. The van der Waals surface area contributed by atoms with E-state index < -0.39 is 18.8 Å². The Morgan fingerprint density at radius 3 is 1.93 bits per heavy atom. The van der Waals surface area contributed by atoms with Gasteiger partial charge < -0.3 is 24.4 Å². The summed E-state index contributed by atoms with van der Waals surface area (Å²) in [6.07, 6.45) is 2.49. The van der Waals surface area contributed by atoms with Gasteiger partial charge in [-0.05, 0) is 77.9 Å². The van der Waals surface area contributed by atoms with Crippen LogP contribution in [0.5, 0.6) is 23.0 Å². The molecule has 41 heavy (non-hydrogen) atoms. The number of methoxy groups -OCH3 is 2. The van der Waals surface area contributed by atoms with E-state index in [9.17, 15) is 28.2 Å². The maximum absolute atomic E-state index is 12.4. The first-order chi connectivity index (χ1) is 19.6. The summed E-state index contributed by atoms with van der Waals surface area (Å²) in [5, 5.41) is 24.3. The van der Waals surface area contributed by atoms with Crippen LogP contribution in [0.4, 0.5) is 13.2 Å². The van der Waals surface area contributed by atoms with Crippen molar-refractivity contribution in [2.75, 3.05) is 20.8 Å². The van der Waals surface area contributed by atoms with Gasteiger partial charge in [-0.3, -0.25) is 0 Å². The van der Waals surface area contributed by atoms with Crippen molar-refractivity contribution in [2.24, 2.45) is 0 Å². The van der Waals surface area contributed by atoms with Crippen molar-refractivity contribution in [3.8, 4) is 28.7 Å². The molecule has 11 heteroatoms. The van der Waals surface area contributed by atoms with Crippen LogP contribution in [-0.2, 0) is 4.74 Å². The Balaban J connectivity index is 1.66. The van der Waals surface area contributed by atoms with Gasteiger partial charge in [-0.1, -0.05) is 24.3 Å². The second-order valence-electron chi connectivity index (χ2n) is 8.67. The van der Waals surface area contributed by atoms with Crippen LogP contribution in [0.1, 0.15) is 32.9 Å². The van der Waals surface area contributed by atoms with Crippen LogP contribution in [0.25, 0.3) is 30.0 Å². The number of alkyl halides is 3. The van der Waals surface area contributed by atoms with Crippen LogP contribution >= 0.6 is 0 Å². The van der Waals surface area contributed by atoms with Gasteiger partial charge in [-0.25, -0.2) is 9.48 Å². The van der Waals surface area contributed by atoms with Crippen LogP contribution in [0.15, 0.2) is 66.7 Å². The minimum Gasteiger partial charge on any atom is -0.504 e. The normalized spacial score (nSPS) is 11.7. The lowest BCUT2D eigenvalue weighted by Crippen LogP contribution is -2.20. The van der Waals surface area contributed by atoms with Gasteiger partial charge in [-0.2, -0.15) is 18.3 Å². The summed E-state index contributed by atoms with van der Waals surface area (Å²) in [5.41, 5.74) is 3.18. The van der Waals surface area contributed by atoms with Gasteiger partial charge in [0.25, 0.3) is 0 Å². The molecule has 3 aromatic carbocycles. The van der Waals surface area contributed by atoms with Crippen LogP contribution < -0.4 is 9.47 Å². The predicted octanol–water partition coefficient (Wildman–Crippen LogP) is 6.36. The highest BCUT2D eigenvalue weighted by molar-refractivity contribution is 5.89. The molecule has 4 aromatic rings. The molecule has 212 valence electrons. The zero-order valence-electron chi connectivity index (χ0n) is 21.9. The van der Waals surface area contributed by atoms with E-state index in [4.69, 9.17) is 9.47 Å². The molecule has 0 unspecified atom stereocenters. The zero-order chi connectivity index (χ0) is 29.6. The van der Waals surface area contributed by atoms with Crippen LogP contribution in [0.3, 0.4) is 0 Å². The van der Waals surface area contributed by atoms with Crippen LogP contribution in [0.2, 0.25) is 0 Å². The van der Waals surface area contributed by atoms with Crippen molar-refractivity contribution in [2.45, 2.75) is 6.18 Å². The number of hydrogen-bond donors (Lipinski definition) is 2. The van der Waals surface area contributed by atoms with E-state index in [1.54, 1.807) is 59.3 Å². The highest BCUT2D eigenvalue weighted by atomic mass is 19.4. The largest absolute Gasteiger partial charge is 0.504 e. The van der Waals surface area contributed by atoms with E-state index >= 15 is 0 Å². The average Bonchev–Trinajstić information content (AvgIpc) is 3.37. The third-order valence-electron chi connectivity index (χ3n) is 5.77. The average molecular weight is 567 g/mol. The van der Waals surface area contributed by atoms with Gasteiger partial charge in [0.05, 0.1) is 36.9 Å². The lowest BCUT2D eigenvalue weighted by Gasteiger charge is -2.09. The maximum Gasteiger partial charge on any atom is 0.422 e. The Hall–Kier alpha value is -5.19. The number of hydrogen-bond acceptors (Lipinski definition) is 7. The number of nitrogens with zero attached hydrogens (tertiary/aromatic N) is 2. The number of rotatable bonds is 9. The van der Waals surface area contributed by atoms with Gasteiger partial charge in [0.1, 0.15) is 0 Å². The molecule has 0 saturated heterocycles. The highest BCUT2D eigenvalue weighted by Crippen LogP contribution is 2.29. The van der Waals surface area contributed by atoms with E-state index in [1.165, 1.54) is 50.6 Å². The highest BCUT2D eigenvalue weighted by Gasteiger charge is 2.29. The SMILES string of the molecule is COc1cc(/C=C/c2cc(/C=C/c3ccc(O)c(OC)c3)n(-c3ccc(C(=O)OCC(F)(F)F)cc3)n2)ccc1O. The molecule has 0 radical (unpaired) electrons. The number of ether oxygens (including phenoxy) is 3. The molecule has 0 aliphatic heterocycles. The second-order valence-corrected chi connectivity index (χ2v) is 8.67. The minimum atomic E-state index is -4.62. The number of halogens is 3. The quantitative estimate of drug-likeness (QED) is 0.227. The Bertz CT molecular complexity index is 1590. The molecule has 1 heterocycles. The molecule has 0 atom stereocenters. The Labute approximate surface area is 233 Å². The molecule has 4 rings (SSSR count). The lowest BCUT2D eigenvalue weighted by atomic mass is 10.1. The van der Waals surface area contributed by atoms with Gasteiger partial charge in [0.2, 0.25) is 0 Å². The van der Waals surface area contributed by atoms with Gasteiger partial charge in [-0.15, -0.1) is 0 Å². The van der Waals surface area contributed by atoms with E-state index in [-0.39, 0.29) is 17.1 Å². The fourth-order valence-corrected chi connectivity index (χ4v) is 3.75. The summed E-state index contributed by atoms with van der Waals surface area (Å²) in [6.45, 7) is -1.67. The molecular formula is C30H25F3N2O6. The van der Waals surface area contributed by atoms with Gasteiger partial charge >= 0.3 is 12.1 Å². The second kappa shape index (κ2) is 12.3. The summed E-state index contributed by atoms with van der Waals surface area (Å²) < 4.78 is 53.5. The number of carbonyl (C=O) groups is 1. The molecule has 0 spiro atoms.